The van der Waals surface area contributed by atoms with Crippen LogP contribution in [0.5, 0.6) is 5.75 Å². The zero-order valence-electron chi connectivity index (χ0n) is 18.9. The Hall–Kier alpha value is -3.64. The highest BCUT2D eigenvalue weighted by atomic mass is 32.1. The lowest BCUT2D eigenvalue weighted by Gasteiger charge is -2.28. The molecule has 1 fully saturated rings. The van der Waals surface area contributed by atoms with E-state index in [9.17, 15) is 5.11 Å². The third-order valence-electron chi connectivity index (χ3n) is 6.37. The van der Waals surface area contributed by atoms with Crippen molar-refractivity contribution in [2.75, 3.05) is 4.90 Å². The first-order valence-electron chi connectivity index (χ1n) is 11.0. The van der Waals surface area contributed by atoms with Crippen molar-refractivity contribution in [3.63, 3.8) is 0 Å². The van der Waals surface area contributed by atoms with Gasteiger partial charge in [-0.1, -0.05) is 24.3 Å². The second-order valence-electron chi connectivity index (χ2n) is 8.46. The van der Waals surface area contributed by atoms with E-state index in [1.165, 1.54) is 28.2 Å². The summed E-state index contributed by atoms with van der Waals surface area (Å²) in [5, 5.41) is 14.0. The third-order valence-corrected chi connectivity index (χ3v) is 6.69. The molecule has 0 spiro atoms. The van der Waals surface area contributed by atoms with Gasteiger partial charge in [-0.3, -0.25) is 4.98 Å². The predicted molar refractivity (Wildman–Crippen MR) is 136 cm³/mol. The first-order valence-corrected chi connectivity index (χ1v) is 11.4. The lowest BCUT2D eigenvalue weighted by molar-refractivity contribution is 0.475. The molecule has 0 saturated carbocycles. The molecular formula is C27H26N4OS. The maximum atomic E-state index is 9.83. The van der Waals surface area contributed by atoms with Gasteiger partial charge in [0.2, 0.25) is 0 Å². The molecule has 2 atom stereocenters. The normalized spacial score (nSPS) is 17.9. The summed E-state index contributed by atoms with van der Waals surface area (Å²) in [7, 11) is 0. The van der Waals surface area contributed by atoms with Gasteiger partial charge in [0.05, 0.1) is 17.8 Å². The fourth-order valence-electron chi connectivity index (χ4n) is 4.83. The number of hydrogen-bond acceptors (Lipinski definition) is 3. The van der Waals surface area contributed by atoms with Crippen molar-refractivity contribution in [2.24, 2.45) is 0 Å². The number of pyridine rings is 1. The van der Waals surface area contributed by atoms with Gasteiger partial charge in [-0.15, -0.1) is 0 Å². The third kappa shape index (κ3) is 3.66. The fourth-order valence-corrected chi connectivity index (χ4v) is 5.18. The monoisotopic (exact) mass is 454 g/mol. The molecule has 5 nitrogen and oxygen atoms in total. The fraction of sp³-hybridized carbons (Fsp3) is 0.185. The average Bonchev–Trinajstić information content (AvgIpc) is 3.31. The Kier molecular flexibility index (Phi) is 5.38. The lowest BCUT2D eigenvalue weighted by Crippen LogP contribution is -2.29. The van der Waals surface area contributed by atoms with Gasteiger partial charge in [0.1, 0.15) is 5.75 Å². The predicted octanol–water partition coefficient (Wildman–Crippen LogP) is 5.68. The van der Waals surface area contributed by atoms with E-state index in [2.05, 4.69) is 70.9 Å². The highest BCUT2D eigenvalue weighted by molar-refractivity contribution is 7.80. The highest BCUT2D eigenvalue weighted by Gasteiger charge is 2.42. The molecule has 3 heterocycles. The maximum absolute atomic E-state index is 9.83. The summed E-state index contributed by atoms with van der Waals surface area (Å²) >= 11 is 5.82. The van der Waals surface area contributed by atoms with Gasteiger partial charge in [-0.25, -0.2) is 0 Å². The number of para-hydroxylation sites is 1. The molecule has 0 bridgehead atoms. The van der Waals surface area contributed by atoms with Crippen molar-refractivity contribution in [3.05, 3.63) is 107 Å². The Morgan fingerprint density at radius 1 is 0.939 bits per heavy atom. The molecule has 33 heavy (non-hydrogen) atoms. The summed E-state index contributed by atoms with van der Waals surface area (Å²) in [4.78, 5) is 6.79. The summed E-state index contributed by atoms with van der Waals surface area (Å²) in [5.74, 6) is 0.229. The van der Waals surface area contributed by atoms with Crippen LogP contribution in [0.25, 0.3) is 5.69 Å². The van der Waals surface area contributed by atoms with Crippen molar-refractivity contribution in [2.45, 2.75) is 32.9 Å². The van der Waals surface area contributed by atoms with Crippen molar-refractivity contribution in [1.82, 2.24) is 14.9 Å². The minimum absolute atomic E-state index is 0.0964. The van der Waals surface area contributed by atoms with Gasteiger partial charge in [0.15, 0.2) is 5.11 Å². The van der Waals surface area contributed by atoms with Gasteiger partial charge in [-0.05, 0) is 92.6 Å². The molecule has 0 amide bonds. The van der Waals surface area contributed by atoms with Crippen molar-refractivity contribution in [3.8, 4) is 11.4 Å². The van der Waals surface area contributed by atoms with Crippen LogP contribution in [0.1, 0.15) is 40.3 Å². The Labute approximate surface area is 199 Å². The van der Waals surface area contributed by atoms with Crippen LogP contribution < -0.4 is 10.2 Å². The SMILES string of the molecule is Cc1ccccc1-n1c(C)cc([C@H]2[C@H](c3ccccn3)NC(=S)N2c2ccc(O)cc2)c1C. The molecule has 4 aromatic rings. The molecule has 5 rings (SSSR count). The number of thiocarbonyl (C=S) groups is 1. The number of nitrogens with zero attached hydrogens (tertiary/aromatic N) is 3. The van der Waals surface area contributed by atoms with E-state index in [0.717, 1.165) is 11.4 Å². The minimum atomic E-state index is -0.113. The first-order chi connectivity index (χ1) is 16.0. The molecule has 6 heteroatoms. The van der Waals surface area contributed by atoms with Crippen LogP contribution in [0, 0.1) is 20.8 Å². The zero-order valence-corrected chi connectivity index (χ0v) is 19.7. The molecule has 2 aromatic carbocycles. The van der Waals surface area contributed by atoms with Crippen LogP contribution in [-0.4, -0.2) is 19.8 Å². The van der Waals surface area contributed by atoms with E-state index in [1.54, 1.807) is 12.1 Å². The molecule has 2 N–H and O–H groups in total. The molecule has 166 valence electrons. The molecule has 0 unspecified atom stereocenters. The van der Waals surface area contributed by atoms with Crippen LogP contribution in [0.15, 0.2) is 79.0 Å². The van der Waals surface area contributed by atoms with Crippen molar-refractivity contribution < 1.29 is 5.11 Å². The Morgan fingerprint density at radius 2 is 1.67 bits per heavy atom. The van der Waals surface area contributed by atoms with Gasteiger partial charge in [0.25, 0.3) is 0 Å². The van der Waals surface area contributed by atoms with E-state index in [4.69, 9.17) is 12.2 Å². The number of aryl methyl sites for hydroxylation is 2. The number of anilines is 1. The highest BCUT2D eigenvalue weighted by Crippen LogP contribution is 2.44. The number of aromatic hydroxyl groups is 1. The zero-order chi connectivity index (χ0) is 23.1. The molecule has 0 aliphatic carbocycles. The second-order valence-corrected chi connectivity index (χ2v) is 8.85. The van der Waals surface area contributed by atoms with Crippen LogP contribution >= 0.6 is 12.2 Å². The maximum Gasteiger partial charge on any atom is 0.174 e. The standard InChI is InChI=1S/C27H26N4OS/c1-17-8-4-5-10-24(17)30-18(2)16-22(19(30)3)26-25(23-9-6-7-15-28-23)29-27(33)31(26)20-11-13-21(32)14-12-20/h4-16,25-26,32H,1-3H3,(H,29,33)/t25-,26-/m0/s1. The summed E-state index contributed by atoms with van der Waals surface area (Å²) in [6.45, 7) is 6.45. The summed E-state index contributed by atoms with van der Waals surface area (Å²) in [6.07, 6.45) is 1.82. The van der Waals surface area contributed by atoms with Gasteiger partial charge < -0.3 is 19.9 Å². The van der Waals surface area contributed by atoms with Crippen molar-refractivity contribution in [1.29, 1.82) is 0 Å². The number of aromatic nitrogens is 2. The van der Waals surface area contributed by atoms with Gasteiger partial charge in [-0.2, -0.15) is 0 Å². The summed E-state index contributed by atoms with van der Waals surface area (Å²) in [6, 6.07) is 23.6. The van der Waals surface area contributed by atoms with Crippen LogP contribution in [0.3, 0.4) is 0 Å². The number of phenolic OH excluding ortho intramolecular Hbond substituents is 1. The smallest absolute Gasteiger partial charge is 0.174 e. The largest absolute Gasteiger partial charge is 0.508 e. The van der Waals surface area contributed by atoms with Crippen LogP contribution in [-0.2, 0) is 0 Å². The molecule has 1 aliphatic heterocycles. The molecule has 2 aromatic heterocycles. The molecular weight excluding hydrogens is 428 g/mol. The quantitative estimate of drug-likeness (QED) is 0.389. The Balaban J connectivity index is 1.69. The molecule has 1 aliphatic rings. The number of rotatable bonds is 4. The van der Waals surface area contributed by atoms with Crippen LogP contribution in [0.4, 0.5) is 5.69 Å². The van der Waals surface area contributed by atoms with Crippen LogP contribution in [0.2, 0.25) is 0 Å². The number of phenols is 1. The number of hydrogen-bond donors (Lipinski definition) is 2. The van der Waals surface area contributed by atoms with E-state index < -0.39 is 0 Å². The van der Waals surface area contributed by atoms with E-state index in [0.29, 0.717) is 5.11 Å². The van der Waals surface area contributed by atoms with Gasteiger partial charge in [0, 0.05) is 29.0 Å². The molecule has 1 saturated heterocycles. The Morgan fingerprint density at radius 3 is 2.36 bits per heavy atom. The summed E-state index contributed by atoms with van der Waals surface area (Å²) in [5.41, 5.74) is 7.79. The molecule has 0 radical (unpaired) electrons. The topological polar surface area (TPSA) is 53.3 Å². The number of nitrogens with one attached hydrogen (secondary N) is 1. The second kappa shape index (κ2) is 8.37. The van der Waals surface area contributed by atoms with E-state index in [-0.39, 0.29) is 17.8 Å². The average molecular weight is 455 g/mol. The first kappa shape index (κ1) is 21.2. The van der Waals surface area contributed by atoms with E-state index >= 15 is 0 Å². The minimum Gasteiger partial charge on any atom is -0.508 e. The summed E-state index contributed by atoms with van der Waals surface area (Å²) < 4.78 is 2.32. The number of benzene rings is 2. The lowest BCUT2D eigenvalue weighted by atomic mass is 9.96. The van der Waals surface area contributed by atoms with E-state index in [1.807, 2.05) is 36.5 Å². The van der Waals surface area contributed by atoms with Crippen molar-refractivity contribution >= 4 is 23.0 Å². The van der Waals surface area contributed by atoms with Gasteiger partial charge >= 0.3 is 0 Å². The Bertz CT molecular complexity index is 1310.